The molecule has 3 aliphatic rings. The van der Waals surface area contributed by atoms with E-state index in [0.29, 0.717) is 24.0 Å². The predicted octanol–water partition coefficient (Wildman–Crippen LogP) is 4.05. The number of rotatable bonds is 9. The Labute approximate surface area is 263 Å². The average molecular weight is 618 g/mol. The van der Waals surface area contributed by atoms with E-state index in [-0.39, 0.29) is 36.0 Å². The second kappa shape index (κ2) is 13.3. The van der Waals surface area contributed by atoms with Crippen molar-refractivity contribution in [1.82, 2.24) is 5.32 Å². The van der Waals surface area contributed by atoms with E-state index in [4.69, 9.17) is 9.47 Å². The van der Waals surface area contributed by atoms with Crippen molar-refractivity contribution in [3.63, 3.8) is 0 Å². The second-order valence-corrected chi connectivity index (χ2v) is 13.1. The number of esters is 2. The van der Waals surface area contributed by atoms with Gasteiger partial charge >= 0.3 is 11.9 Å². The topological polar surface area (TPSA) is 142 Å². The van der Waals surface area contributed by atoms with Gasteiger partial charge < -0.3 is 30.1 Å². The fourth-order valence-electron chi connectivity index (χ4n) is 7.81. The largest absolute Gasteiger partial charge is 0.458 e. The van der Waals surface area contributed by atoms with Crippen molar-refractivity contribution < 1.29 is 39.2 Å². The van der Waals surface area contributed by atoms with E-state index >= 15 is 0 Å². The van der Waals surface area contributed by atoms with Gasteiger partial charge in [0.15, 0.2) is 12.2 Å². The lowest BCUT2D eigenvalue weighted by Gasteiger charge is -2.59. The van der Waals surface area contributed by atoms with E-state index in [9.17, 15) is 29.7 Å². The third kappa shape index (κ3) is 6.34. The van der Waals surface area contributed by atoms with E-state index in [1.807, 2.05) is 6.92 Å². The molecule has 9 nitrogen and oxygen atoms in total. The lowest BCUT2D eigenvalue weighted by molar-refractivity contribution is -0.159. The first-order valence-electron chi connectivity index (χ1n) is 15.6. The molecule has 240 valence electrons. The van der Waals surface area contributed by atoms with Crippen LogP contribution in [-0.2, 0) is 19.1 Å². The maximum absolute atomic E-state index is 13.3. The molecular weight excluding hydrogens is 574 g/mol. The zero-order chi connectivity index (χ0) is 32.4. The van der Waals surface area contributed by atoms with Gasteiger partial charge in [0.2, 0.25) is 0 Å². The van der Waals surface area contributed by atoms with E-state index < -0.39 is 47.6 Å². The maximum atomic E-state index is 13.3. The van der Waals surface area contributed by atoms with Crippen LogP contribution in [0.2, 0.25) is 0 Å². The van der Waals surface area contributed by atoms with Gasteiger partial charge in [0.1, 0.15) is 6.61 Å². The van der Waals surface area contributed by atoms with Crippen LogP contribution in [-0.4, -0.2) is 64.7 Å². The number of benzene rings is 2. The molecule has 1 heterocycles. The van der Waals surface area contributed by atoms with Crippen LogP contribution >= 0.6 is 0 Å². The molecular formula is C36H43NO8. The van der Waals surface area contributed by atoms with E-state index in [2.05, 4.69) is 18.8 Å². The minimum Gasteiger partial charge on any atom is -0.458 e. The van der Waals surface area contributed by atoms with Crippen molar-refractivity contribution in [2.45, 2.75) is 70.3 Å². The average Bonchev–Trinajstić information content (AvgIpc) is 3.39. The van der Waals surface area contributed by atoms with Crippen LogP contribution in [0.15, 0.2) is 84.5 Å². The molecule has 2 aromatic rings. The highest BCUT2D eigenvalue weighted by Gasteiger charge is 2.57. The van der Waals surface area contributed by atoms with Crippen molar-refractivity contribution in [2.75, 3.05) is 13.2 Å². The molecule has 0 spiro atoms. The fourth-order valence-corrected chi connectivity index (χ4v) is 7.81. The summed E-state index contributed by atoms with van der Waals surface area (Å²) in [5, 5.41) is 35.0. The van der Waals surface area contributed by atoms with Crippen molar-refractivity contribution >= 4 is 17.8 Å². The summed E-state index contributed by atoms with van der Waals surface area (Å²) in [6, 6.07) is 16.0. The number of allylic oxidation sites excluding steroid dienone is 2. The molecule has 1 amide bonds. The van der Waals surface area contributed by atoms with Crippen LogP contribution in [0, 0.1) is 22.7 Å². The lowest BCUT2D eigenvalue weighted by atomic mass is 9.46. The monoisotopic (exact) mass is 617 g/mol. The minimum absolute atomic E-state index is 0.0203. The minimum atomic E-state index is -1.76. The number of fused-ring (bicyclic) bond motifs is 1. The van der Waals surface area contributed by atoms with Crippen molar-refractivity contribution in [3.8, 4) is 0 Å². The number of ether oxygens (including phenoxy) is 2. The first kappa shape index (κ1) is 32.6. The van der Waals surface area contributed by atoms with E-state index in [0.717, 1.165) is 24.8 Å². The van der Waals surface area contributed by atoms with Gasteiger partial charge in [-0.05, 0) is 67.1 Å². The molecule has 3 fully saturated rings. The first-order valence-corrected chi connectivity index (χ1v) is 15.6. The number of nitrogens with one attached hydrogen (secondary N) is 1. The fraction of sp³-hybridized carbons (Fsp3) is 0.472. The summed E-state index contributed by atoms with van der Waals surface area (Å²) in [4.78, 5) is 39.1. The molecule has 2 aromatic carbocycles. The van der Waals surface area contributed by atoms with Gasteiger partial charge in [-0.2, -0.15) is 0 Å². The molecule has 4 N–H and O–H groups in total. The number of cyclic esters (lactones) is 1. The quantitative estimate of drug-likeness (QED) is 0.188. The van der Waals surface area contributed by atoms with Crippen LogP contribution in [0.3, 0.4) is 0 Å². The van der Waals surface area contributed by atoms with Gasteiger partial charge in [0.25, 0.3) is 5.91 Å². The number of carbonyl (C=O) groups excluding carboxylic acids is 3. The van der Waals surface area contributed by atoms with Crippen molar-refractivity contribution in [2.24, 2.45) is 22.7 Å². The van der Waals surface area contributed by atoms with Gasteiger partial charge in [-0.25, -0.2) is 9.59 Å². The highest BCUT2D eigenvalue weighted by atomic mass is 16.6. The van der Waals surface area contributed by atoms with Gasteiger partial charge in [0, 0.05) is 11.0 Å². The third-order valence-electron chi connectivity index (χ3n) is 10.5. The maximum Gasteiger partial charge on any atom is 0.338 e. The summed E-state index contributed by atoms with van der Waals surface area (Å²) in [6.07, 6.45) is 1.70. The van der Waals surface area contributed by atoms with Gasteiger partial charge in [-0.15, -0.1) is 0 Å². The van der Waals surface area contributed by atoms with Crippen LogP contribution < -0.4 is 5.32 Å². The van der Waals surface area contributed by atoms with Gasteiger partial charge in [0.05, 0.1) is 24.3 Å². The third-order valence-corrected chi connectivity index (χ3v) is 10.5. The summed E-state index contributed by atoms with van der Waals surface area (Å²) in [5.74, 6) is -2.02. The summed E-state index contributed by atoms with van der Waals surface area (Å²) in [6.45, 7) is 8.18. The lowest BCUT2D eigenvalue weighted by Crippen LogP contribution is -2.57. The second-order valence-electron chi connectivity index (χ2n) is 13.1. The Morgan fingerprint density at radius 2 is 1.78 bits per heavy atom. The van der Waals surface area contributed by atoms with E-state index in [1.54, 1.807) is 66.7 Å². The van der Waals surface area contributed by atoms with Crippen LogP contribution in [0.4, 0.5) is 0 Å². The van der Waals surface area contributed by atoms with Crippen LogP contribution in [0.1, 0.15) is 67.9 Å². The number of hydrogen-bond acceptors (Lipinski definition) is 8. The Morgan fingerprint density at radius 1 is 1.11 bits per heavy atom. The molecule has 1 aliphatic heterocycles. The highest BCUT2D eigenvalue weighted by Crippen LogP contribution is 2.61. The molecule has 45 heavy (non-hydrogen) atoms. The van der Waals surface area contributed by atoms with Crippen molar-refractivity contribution in [3.05, 3.63) is 95.6 Å². The molecule has 5 rings (SSSR count). The van der Waals surface area contributed by atoms with Gasteiger partial charge in [-0.3, -0.25) is 4.79 Å². The summed E-state index contributed by atoms with van der Waals surface area (Å²) >= 11 is 0. The molecule has 1 saturated heterocycles. The molecule has 8 atom stereocenters. The Morgan fingerprint density at radius 3 is 2.44 bits per heavy atom. The summed E-state index contributed by atoms with van der Waals surface area (Å²) < 4.78 is 10.9. The zero-order valence-electron chi connectivity index (χ0n) is 25.9. The summed E-state index contributed by atoms with van der Waals surface area (Å²) in [7, 11) is 0. The van der Waals surface area contributed by atoms with Crippen LogP contribution in [0.25, 0.3) is 0 Å². The Hall–Kier alpha value is -3.79. The summed E-state index contributed by atoms with van der Waals surface area (Å²) in [5.41, 5.74) is 1.23. The smallest absolute Gasteiger partial charge is 0.338 e. The molecule has 2 saturated carbocycles. The van der Waals surface area contributed by atoms with Gasteiger partial charge in [-0.1, -0.05) is 80.6 Å². The highest BCUT2D eigenvalue weighted by molar-refractivity contribution is 5.95. The van der Waals surface area contributed by atoms with E-state index in [1.165, 1.54) is 0 Å². The Balaban J connectivity index is 1.33. The SMILES string of the molecule is C=C1CCC2[C@](C)(CO)C(O)CC[C@]2(C)[C@H]1C/C=C1/C(=O)OCC1OC(=O)C(O)C(NC(=O)c1ccccc1)c1ccccc1. The standard InChI is InChI=1S/C36H43NO8/c1-22-14-17-28-35(2,19-18-29(39)36(28,3)21-38)26(22)16-15-25-27(20-44-33(25)42)45-34(43)31(40)30(23-10-6-4-7-11-23)37-32(41)24-12-8-5-9-13-24/h4-13,15,26-31,38-40H,1,14,16-21H2,2-3H3,(H,37,41)/b25-15+/t26-,27?,28?,29?,30?,31?,35+,36-/m0/s1. The predicted molar refractivity (Wildman–Crippen MR) is 167 cm³/mol. The van der Waals surface area contributed by atoms with Crippen LogP contribution in [0.5, 0.6) is 0 Å². The number of hydrogen-bond donors (Lipinski definition) is 4. The number of aliphatic hydroxyl groups excluding tert-OH is 3. The molecule has 2 aliphatic carbocycles. The molecule has 0 bridgehead atoms. The number of carbonyl (C=O) groups is 3. The molecule has 5 unspecified atom stereocenters. The Bertz CT molecular complexity index is 1440. The zero-order valence-corrected chi connectivity index (χ0v) is 25.9. The molecule has 9 heteroatoms. The molecule has 0 aromatic heterocycles. The Kier molecular flexibility index (Phi) is 9.63. The number of aliphatic hydroxyl groups is 3. The number of amides is 1. The molecule has 0 radical (unpaired) electrons. The normalized spacial score (nSPS) is 31.9. The first-order chi connectivity index (χ1) is 21.5. The van der Waals surface area contributed by atoms with Crippen molar-refractivity contribution in [1.29, 1.82) is 0 Å².